The van der Waals surface area contributed by atoms with E-state index in [0.29, 0.717) is 18.8 Å². The van der Waals surface area contributed by atoms with Crippen LogP contribution in [0.15, 0.2) is 77.7 Å². The lowest BCUT2D eigenvalue weighted by molar-refractivity contribution is -0.384. The van der Waals surface area contributed by atoms with Crippen molar-refractivity contribution in [3.8, 4) is 5.75 Å². The fourth-order valence-corrected chi connectivity index (χ4v) is 5.28. The quantitative estimate of drug-likeness (QED) is 0.241. The van der Waals surface area contributed by atoms with E-state index in [0.717, 1.165) is 16.1 Å². The third kappa shape index (κ3) is 5.92. The average molecular weight is 522 g/mol. The van der Waals surface area contributed by atoms with Crippen molar-refractivity contribution in [3.63, 3.8) is 0 Å². The number of hydrogen-bond acceptors (Lipinski definition) is 8. The molecule has 0 fully saturated rings. The zero-order chi connectivity index (χ0) is 26.5. The number of thioether (sulfide) groups is 1. The van der Waals surface area contributed by atoms with Crippen molar-refractivity contribution in [3.05, 3.63) is 94.0 Å². The van der Waals surface area contributed by atoms with Gasteiger partial charge in [-0.3, -0.25) is 14.9 Å². The molecule has 192 valence electrons. The first-order valence-electron chi connectivity index (χ1n) is 11.6. The van der Waals surface area contributed by atoms with E-state index in [1.54, 1.807) is 24.1 Å². The molecule has 0 bridgehead atoms. The third-order valence-electron chi connectivity index (χ3n) is 5.96. The van der Waals surface area contributed by atoms with Crippen molar-refractivity contribution in [1.29, 1.82) is 0 Å². The first kappa shape index (κ1) is 26.2. The van der Waals surface area contributed by atoms with Crippen molar-refractivity contribution in [2.45, 2.75) is 16.2 Å². The Kier molecular flexibility index (Phi) is 8.10. The lowest BCUT2D eigenvalue weighted by Crippen LogP contribution is -2.45. The van der Waals surface area contributed by atoms with E-state index in [1.165, 1.54) is 36.0 Å². The lowest BCUT2D eigenvalue weighted by atomic mass is 10.1. The van der Waals surface area contributed by atoms with Gasteiger partial charge in [0, 0.05) is 30.1 Å². The Morgan fingerprint density at radius 2 is 1.73 bits per heavy atom. The molecule has 0 saturated carbocycles. The predicted octanol–water partition coefficient (Wildman–Crippen LogP) is 4.57. The van der Waals surface area contributed by atoms with Crippen LogP contribution >= 0.6 is 11.8 Å². The molecule has 0 radical (unpaired) electrons. The zero-order valence-electron chi connectivity index (χ0n) is 20.7. The van der Waals surface area contributed by atoms with Crippen molar-refractivity contribution in [2.75, 3.05) is 39.2 Å². The number of carbonyl (C=O) groups excluding carboxylic acids is 2. The number of carbonyl (C=O) groups is 2. The zero-order valence-corrected chi connectivity index (χ0v) is 21.5. The van der Waals surface area contributed by atoms with Crippen LogP contribution < -0.4 is 9.64 Å². The van der Waals surface area contributed by atoms with Crippen LogP contribution in [-0.4, -0.2) is 62.1 Å². The molecule has 3 aromatic rings. The summed E-state index contributed by atoms with van der Waals surface area (Å²) >= 11 is 1.45. The van der Waals surface area contributed by atoms with Crippen LogP contribution in [0.4, 0.5) is 11.4 Å². The highest BCUT2D eigenvalue weighted by Gasteiger charge is 2.41. The number of para-hydroxylation sites is 1. The summed E-state index contributed by atoms with van der Waals surface area (Å²) in [7, 11) is 5.43. The molecule has 0 saturated heterocycles. The van der Waals surface area contributed by atoms with Crippen LogP contribution in [0.3, 0.4) is 0 Å². The SMILES string of the molecule is COc1ccc([C@@H]2Sc3ccccc3N(CCN(C)C)C(=O)[C@@H]2OC(=O)c2ccc([N+](=O)[O-])cc2)cc1. The Morgan fingerprint density at radius 1 is 1.05 bits per heavy atom. The average Bonchev–Trinajstić information content (AvgIpc) is 3.01. The number of esters is 1. The molecule has 2 atom stereocenters. The number of nitro groups is 1. The second-order valence-electron chi connectivity index (χ2n) is 8.70. The minimum absolute atomic E-state index is 0.124. The highest BCUT2D eigenvalue weighted by Crippen LogP contribution is 2.47. The Bertz CT molecular complexity index is 1280. The fourth-order valence-electron chi connectivity index (χ4n) is 3.96. The molecule has 3 aromatic carbocycles. The van der Waals surface area contributed by atoms with Gasteiger partial charge < -0.3 is 19.3 Å². The fraction of sp³-hybridized carbons (Fsp3) is 0.259. The number of methoxy groups -OCH3 is 1. The van der Waals surface area contributed by atoms with Gasteiger partial charge in [-0.05, 0) is 56.1 Å². The first-order chi connectivity index (χ1) is 17.8. The number of amides is 1. The molecule has 1 aliphatic rings. The third-order valence-corrected chi connectivity index (χ3v) is 7.33. The molecule has 10 heteroatoms. The van der Waals surface area contributed by atoms with Gasteiger partial charge in [-0.1, -0.05) is 24.3 Å². The van der Waals surface area contributed by atoms with Gasteiger partial charge in [0.25, 0.3) is 11.6 Å². The van der Waals surface area contributed by atoms with Crippen molar-refractivity contribution < 1.29 is 24.0 Å². The Labute approximate surface area is 219 Å². The molecule has 4 rings (SSSR count). The van der Waals surface area contributed by atoms with E-state index in [4.69, 9.17) is 9.47 Å². The molecule has 37 heavy (non-hydrogen) atoms. The summed E-state index contributed by atoms with van der Waals surface area (Å²) in [6.45, 7) is 1.02. The molecule has 0 N–H and O–H groups in total. The Morgan fingerprint density at radius 3 is 2.35 bits per heavy atom. The summed E-state index contributed by atoms with van der Waals surface area (Å²) in [6.07, 6.45) is -1.14. The van der Waals surface area contributed by atoms with Gasteiger partial charge in [0.1, 0.15) is 5.75 Å². The summed E-state index contributed by atoms with van der Waals surface area (Å²) in [5, 5.41) is 10.5. The first-order valence-corrected chi connectivity index (χ1v) is 12.5. The van der Waals surface area contributed by atoms with E-state index in [-0.39, 0.29) is 17.2 Å². The molecular formula is C27H27N3O6S. The molecule has 1 aliphatic heterocycles. The van der Waals surface area contributed by atoms with Crippen molar-refractivity contribution in [1.82, 2.24) is 4.90 Å². The number of anilines is 1. The summed E-state index contributed by atoms with van der Waals surface area (Å²) in [4.78, 5) is 42.2. The van der Waals surface area contributed by atoms with Gasteiger partial charge in [0.05, 0.1) is 28.5 Å². The predicted molar refractivity (Wildman–Crippen MR) is 141 cm³/mol. The second-order valence-corrected chi connectivity index (χ2v) is 9.89. The number of nitro benzene ring substituents is 1. The molecule has 0 unspecified atom stereocenters. The maximum absolute atomic E-state index is 14.0. The van der Waals surface area contributed by atoms with Gasteiger partial charge >= 0.3 is 5.97 Å². The minimum Gasteiger partial charge on any atom is -0.497 e. The molecule has 1 amide bonds. The number of fused-ring (bicyclic) bond motifs is 1. The smallest absolute Gasteiger partial charge is 0.338 e. The van der Waals surface area contributed by atoms with E-state index in [2.05, 4.69) is 0 Å². The maximum atomic E-state index is 14.0. The maximum Gasteiger partial charge on any atom is 0.338 e. The molecular weight excluding hydrogens is 494 g/mol. The summed E-state index contributed by atoms with van der Waals surface area (Å²) < 4.78 is 11.2. The highest BCUT2D eigenvalue weighted by molar-refractivity contribution is 7.99. The normalized spacial score (nSPS) is 17.2. The van der Waals surface area contributed by atoms with Gasteiger partial charge in [-0.2, -0.15) is 0 Å². The Balaban J connectivity index is 1.74. The molecule has 9 nitrogen and oxygen atoms in total. The van der Waals surface area contributed by atoms with E-state index in [9.17, 15) is 19.7 Å². The molecule has 1 heterocycles. The van der Waals surface area contributed by atoms with E-state index >= 15 is 0 Å². The number of rotatable bonds is 8. The number of benzene rings is 3. The Hall–Kier alpha value is -3.89. The number of nitrogens with zero attached hydrogens (tertiary/aromatic N) is 3. The number of ether oxygens (including phenoxy) is 2. The van der Waals surface area contributed by atoms with Gasteiger partial charge in [-0.25, -0.2) is 4.79 Å². The van der Waals surface area contributed by atoms with Gasteiger partial charge in [-0.15, -0.1) is 11.8 Å². The van der Waals surface area contributed by atoms with Crippen molar-refractivity contribution >= 4 is 35.0 Å². The number of non-ortho nitro benzene ring substituents is 1. The van der Waals surface area contributed by atoms with Crippen LogP contribution in [0, 0.1) is 10.1 Å². The number of likely N-dealkylation sites (N-methyl/N-ethyl adjacent to an activating group) is 1. The van der Waals surface area contributed by atoms with Crippen LogP contribution in [0.1, 0.15) is 21.2 Å². The highest BCUT2D eigenvalue weighted by atomic mass is 32.2. The number of hydrogen-bond donors (Lipinski definition) is 0. The van der Waals surface area contributed by atoms with Crippen molar-refractivity contribution in [2.24, 2.45) is 0 Å². The standard InChI is InChI=1S/C27H27N3O6S/c1-28(2)16-17-29-22-6-4-5-7-23(22)37-25(18-10-14-21(35-3)15-11-18)24(26(29)31)36-27(32)19-8-12-20(13-9-19)30(33)34/h4-15,24-25H,16-17H2,1-3H3/t24-,25+/m1/s1. The molecule has 0 aromatic heterocycles. The summed E-state index contributed by atoms with van der Waals surface area (Å²) in [6, 6.07) is 20.1. The van der Waals surface area contributed by atoms with E-state index < -0.39 is 22.2 Å². The molecule has 0 aliphatic carbocycles. The molecule has 0 spiro atoms. The van der Waals surface area contributed by atoms with Gasteiger partial charge in [0.15, 0.2) is 6.10 Å². The van der Waals surface area contributed by atoms with Crippen LogP contribution in [0.25, 0.3) is 0 Å². The van der Waals surface area contributed by atoms with E-state index in [1.807, 2.05) is 55.4 Å². The summed E-state index contributed by atoms with van der Waals surface area (Å²) in [5.41, 5.74) is 1.54. The summed E-state index contributed by atoms with van der Waals surface area (Å²) in [5.74, 6) is -0.401. The topological polar surface area (TPSA) is 102 Å². The lowest BCUT2D eigenvalue weighted by Gasteiger charge is -2.28. The monoisotopic (exact) mass is 521 g/mol. The van der Waals surface area contributed by atoms with Crippen LogP contribution in [0.2, 0.25) is 0 Å². The second kappa shape index (κ2) is 11.4. The van der Waals surface area contributed by atoms with Gasteiger partial charge in [0.2, 0.25) is 0 Å². The van der Waals surface area contributed by atoms with Crippen LogP contribution in [-0.2, 0) is 9.53 Å². The van der Waals surface area contributed by atoms with Crippen LogP contribution in [0.5, 0.6) is 5.75 Å². The largest absolute Gasteiger partial charge is 0.497 e. The minimum atomic E-state index is -1.14.